The number of nitrogens with zero attached hydrogens (tertiary/aromatic N) is 3. The highest BCUT2D eigenvalue weighted by Crippen LogP contribution is 2.26. The molecule has 0 aliphatic carbocycles. The van der Waals surface area contributed by atoms with Crippen molar-refractivity contribution in [2.45, 2.75) is 12.6 Å². The van der Waals surface area contributed by atoms with Gasteiger partial charge in [0, 0.05) is 0 Å². The number of ether oxygens (including phenoxy) is 2. The molecule has 8 nitrogen and oxygen atoms in total. The van der Waals surface area contributed by atoms with Crippen molar-refractivity contribution in [1.82, 2.24) is 20.3 Å². The van der Waals surface area contributed by atoms with Crippen LogP contribution in [0.2, 0.25) is 0 Å². The Balaban J connectivity index is 1.61. The monoisotopic (exact) mass is 430 g/mol. The summed E-state index contributed by atoms with van der Waals surface area (Å²) < 4.78 is 11.5. The fourth-order valence-corrected chi connectivity index (χ4v) is 3.42. The van der Waals surface area contributed by atoms with E-state index in [1.165, 1.54) is 0 Å². The number of benzene rings is 3. The Hall–Kier alpha value is -4.20. The van der Waals surface area contributed by atoms with Gasteiger partial charge in [-0.1, -0.05) is 41.6 Å². The standard InChI is InChI=1S/C24H22N4O4/c1-31-18-11-7-16(8-12-18)23(17-9-13-19(32-2)14-10-17)25-22(29)15-28-24(30)20-5-3-4-6-21(20)26-27-28/h3-14,23H,15H2,1-2H3,(H,25,29). The molecular weight excluding hydrogens is 408 g/mol. The van der Waals surface area contributed by atoms with Crippen LogP contribution >= 0.6 is 0 Å². The molecule has 0 saturated carbocycles. The van der Waals surface area contributed by atoms with Crippen LogP contribution in [0.3, 0.4) is 0 Å². The Kier molecular flexibility index (Phi) is 6.12. The Morgan fingerprint density at radius 3 is 2.03 bits per heavy atom. The Morgan fingerprint density at radius 2 is 1.47 bits per heavy atom. The minimum atomic E-state index is -0.441. The van der Waals surface area contributed by atoms with Crippen LogP contribution in [0.25, 0.3) is 10.9 Å². The van der Waals surface area contributed by atoms with Gasteiger partial charge in [0.1, 0.15) is 23.6 Å². The van der Waals surface area contributed by atoms with E-state index in [1.807, 2.05) is 48.5 Å². The summed E-state index contributed by atoms with van der Waals surface area (Å²) in [6.45, 7) is -0.251. The Morgan fingerprint density at radius 1 is 0.906 bits per heavy atom. The van der Waals surface area contributed by atoms with Gasteiger partial charge in [0.25, 0.3) is 5.56 Å². The van der Waals surface area contributed by atoms with Gasteiger partial charge in [-0.3, -0.25) is 9.59 Å². The van der Waals surface area contributed by atoms with E-state index < -0.39 is 6.04 Å². The average molecular weight is 430 g/mol. The van der Waals surface area contributed by atoms with E-state index in [-0.39, 0.29) is 18.0 Å². The minimum Gasteiger partial charge on any atom is -0.497 e. The van der Waals surface area contributed by atoms with Gasteiger partial charge in [-0.15, -0.1) is 5.10 Å². The summed E-state index contributed by atoms with van der Waals surface area (Å²) in [5.41, 5.74) is 1.85. The van der Waals surface area contributed by atoms with Crippen molar-refractivity contribution in [3.05, 3.63) is 94.3 Å². The van der Waals surface area contributed by atoms with Gasteiger partial charge in [0.2, 0.25) is 5.91 Å². The van der Waals surface area contributed by atoms with Crippen LogP contribution in [0.1, 0.15) is 17.2 Å². The van der Waals surface area contributed by atoms with Crippen LogP contribution in [0, 0.1) is 0 Å². The smallest absolute Gasteiger partial charge is 0.278 e. The van der Waals surface area contributed by atoms with E-state index in [2.05, 4.69) is 15.6 Å². The molecule has 0 fully saturated rings. The topological polar surface area (TPSA) is 95.3 Å². The van der Waals surface area contributed by atoms with Crippen molar-refractivity contribution in [1.29, 1.82) is 0 Å². The maximum absolute atomic E-state index is 12.9. The number of nitrogens with one attached hydrogen (secondary N) is 1. The summed E-state index contributed by atoms with van der Waals surface area (Å²) in [4.78, 5) is 25.6. The van der Waals surface area contributed by atoms with Gasteiger partial charge in [0.05, 0.1) is 25.6 Å². The second kappa shape index (κ2) is 9.30. The van der Waals surface area contributed by atoms with Gasteiger partial charge in [-0.05, 0) is 47.5 Å². The van der Waals surface area contributed by atoms with Gasteiger partial charge in [-0.25, -0.2) is 4.68 Å². The van der Waals surface area contributed by atoms with Crippen molar-refractivity contribution in [2.24, 2.45) is 0 Å². The van der Waals surface area contributed by atoms with Crippen molar-refractivity contribution < 1.29 is 14.3 Å². The van der Waals surface area contributed by atoms with E-state index in [9.17, 15) is 9.59 Å². The molecular formula is C24H22N4O4. The molecule has 0 saturated heterocycles. The van der Waals surface area contributed by atoms with Gasteiger partial charge < -0.3 is 14.8 Å². The predicted octanol–water partition coefficient (Wildman–Crippen LogP) is 2.71. The number of amides is 1. The molecule has 1 amide bonds. The third-order valence-electron chi connectivity index (χ3n) is 5.13. The van der Waals surface area contributed by atoms with Gasteiger partial charge in [-0.2, -0.15) is 0 Å². The van der Waals surface area contributed by atoms with Crippen molar-refractivity contribution in [3.8, 4) is 11.5 Å². The molecule has 0 atom stereocenters. The van der Waals surface area contributed by atoms with Crippen molar-refractivity contribution in [2.75, 3.05) is 14.2 Å². The van der Waals surface area contributed by atoms with Crippen LogP contribution in [0.5, 0.6) is 11.5 Å². The number of fused-ring (bicyclic) bond motifs is 1. The number of methoxy groups -OCH3 is 2. The predicted molar refractivity (Wildman–Crippen MR) is 120 cm³/mol. The molecule has 32 heavy (non-hydrogen) atoms. The lowest BCUT2D eigenvalue weighted by atomic mass is 9.98. The fourth-order valence-electron chi connectivity index (χ4n) is 3.42. The van der Waals surface area contributed by atoms with Crippen LogP contribution in [0.4, 0.5) is 0 Å². The normalized spacial score (nSPS) is 10.8. The molecule has 0 spiro atoms. The number of aromatic nitrogens is 3. The summed E-state index contributed by atoms with van der Waals surface area (Å²) in [6.07, 6.45) is 0. The first-order valence-electron chi connectivity index (χ1n) is 9.99. The maximum Gasteiger partial charge on any atom is 0.278 e. The lowest BCUT2D eigenvalue weighted by molar-refractivity contribution is -0.122. The zero-order chi connectivity index (χ0) is 22.5. The van der Waals surface area contributed by atoms with Crippen LogP contribution in [-0.2, 0) is 11.3 Å². The summed E-state index contributed by atoms with van der Waals surface area (Å²) in [5.74, 6) is 1.06. The molecule has 1 heterocycles. The van der Waals surface area contributed by atoms with E-state index in [0.717, 1.165) is 15.8 Å². The molecule has 0 aliphatic heterocycles. The quantitative estimate of drug-likeness (QED) is 0.484. The summed E-state index contributed by atoms with van der Waals surface area (Å²) in [7, 11) is 3.19. The molecule has 0 unspecified atom stereocenters. The van der Waals surface area contributed by atoms with E-state index in [0.29, 0.717) is 22.4 Å². The van der Waals surface area contributed by atoms with Gasteiger partial charge in [0.15, 0.2) is 0 Å². The fraction of sp³-hybridized carbons (Fsp3) is 0.167. The van der Waals surface area contributed by atoms with Crippen LogP contribution < -0.4 is 20.3 Å². The lowest BCUT2D eigenvalue weighted by Crippen LogP contribution is -2.36. The first-order chi connectivity index (χ1) is 15.6. The molecule has 1 aromatic heterocycles. The number of hydrogen-bond acceptors (Lipinski definition) is 6. The molecule has 162 valence electrons. The highest BCUT2D eigenvalue weighted by Gasteiger charge is 2.19. The molecule has 0 aliphatic rings. The zero-order valence-corrected chi connectivity index (χ0v) is 17.7. The third-order valence-corrected chi connectivity index (χ3v) is 5.13. The zero-order valence-electron chi connectivity index (χ0n) is 17.7. The van der Waals surface area contributed by atoms with Crippen LogP contribution in [0.15, 0.2) is 77.6 Å². The third kappa shape index (κ3) is 4.44. The molecule has 4 aromatic rings. The Labute approximate surface area is 184 Å². The van der Waals surface area contributed by atoms with E-state index in [4.69, 9.17) is 9.47 Å². The number of carbonyl (C=O) groups is 1. The minimum absolute atomic E-state index is 0.251. The SMILES string of the molecule is COc1ccc(C(NC(=O)Cn2nnc3ccccc3c2=O)c2ccc(OC)cc2)cc1. The summed E-state index contributed by atoms with van der Waals surface area (Å²) in [6, 6.07) is 21.3. The molecule has 0 radical (unpaired) electrons. The summed E-state index contributed by atoms with van der Waals surface area (Å²) >= 11 is 0. The van der Waals surface area contributed by atoms with Crippen LogP contribution in [-0.4, -0.2) is 35.1 Å². The van der Waals surface area contributed by atoms with Crippen molar-refractivity contribution in [3.63, 3.8) is 0 Å². The Bertz CT molecular complexity index is 1240. The summed E-state index contributed by atoms with van der Waals surface area (Å²) in [5, 5.41) is 11.4. The second-order valence-corrected chi connectivity index (χ2v) is 7.12. The number of carbonyl (C=O) groups excluding carboxylic acids is 1. The highest BCUT2D eigenvalue weighted by molar-refractivity contribution is 5.79. The second-order valence-electron chi connectivity index (χ2n) is 7.12. The van der Waals surface area contributed by atoms with Gasteiger partial charge >= 0.3 is 0 Å². The highest BCUT2D eigenvalue weighted by atomic mass is 16.5. The molecule has 8 heteroatoms. The number of rotatable bonds is 7. The molecule has 0 bridgehead atoms. The first-order valence-corrected chi connectivity index (χ1v) is 9.99. The maximum atomic E-state index is 12.9. The average Bonchev–Trinajstić information content (AvgIpc) is 2.85. The lowest BCUT2D eigenvalue weighted by Gasteiger charge is -2.20. The molecule has 1 N–H and O–H groups in total. The first kappa shape index (κ1) is 21.0. The van der Waals surface area contributed by atoms with E-state index in [1.54, 1.807) is 38.5 Å². The van der Waals surface area contributed by atoms with Crippen molar-refractivity contribution >= 4 is 16.8 Å². The molecule has 3 aromatic carbocycles. The molecule has 4 rings (SSSR count). The van der Waals surface area contributed by atoms with E-state index >= 15 is 0 Å². The largest absolute Gasteiger partial charge is 0.497 e. The number of hydrogen-bond donors (Lipinski definition) is 1.